The molecular weight excluding hydrogens is 219 g/mol. The highest BCUT2D eigenvalue weighted by Crippen LogP contribution is 2.20. The topological polar surface area (TPSA) is 51.4 Å². The van der Waals surface area contributed by atoms with Crippen molar-refractivity contribution in [3.8, 4) is 0 Å². The summed E-state index contributed by atoms with van der Waals surface area (Å²) in [7, 11) is -4.74. The van der Waals surface area contributed by atoms with Crippen molar-refractivity contribution >= 4 is 15.9 Å². The van der Waals surface area contributed by atoms with Crippen LogP contribution in [0.15, 0.2) is 23.2 Å². The van der Waals surface area contributed by atoms with Crippen LogP contribution in [0.2, 0.25) is 0 Å². The summed E-state index contributed by atoms with van der Waals surface area (Å²) >= 11 is 0. The van der Waals surface area contributed by atoms with Gasteiger partial charge in [0.2, 0.25) is 0 Å². The number of hydrogen-bond donors (Lipinski definition) is 0. The minimum Gasteiger partial charge on any atom is -0.285 e. The first-order chi connectivity index (χ1) is 6.91. The van der Waals surface area contributed by atoms with Crippen LogP contribution in [0.5, 0.6) is 0 Å². The van der Waals surface area contributed by atoms with Crippen molar-refractivity contribution in [3.63, 3.8) is 0 Å². The van der Waals surface area contributed by atoms with Crippen LogP contribution in [-0.2, 0) is 10.2 Å². The van der Waals surface area contributed by atoms with Crippen LogP contribution in [0.4, 0.5) is 3.89 Å². The van der Waals surface area contributed by atoms with Gasteiger partial charge in [0.15, 0.2) is 5.03 Å². The molecule has 0 amide bonds. The highest BCUT2D eigenvalue weighted by atomic mass is 32.3. The van der Waals surface area contributed by atoms with Gasteiger partial charge in [-0.1, -0.05) is 9.95 Å². The summed E-state index contributed by atoms with van der Waals surface area (Å²) in [4.78, 5) is 3.98. The number of nitrogens with zero attached hydrogens (tertiary/aromatic N) is 2. The van der Waals surface area contributed by atoms with Gasteiger partial charge in [-0.2, -0.15) is 8.42 Å². The average Bonchev–Trinajstić information content (AvgIpc) is 2.41. The lowest BCUT2D eigenvalue weighted by molar-refractivity contribution is 0.545. The number of pyridine rings is 1. The maximum atomic E-state index is 13.0. The second-order valence-corrected chi connectivity index (χ2v) is 4.56. The van der Waals surface area contributed by atoms with Gasteiger partial charge in [-0.25, -0.2) is 4.98 Å². The Balaban J connectivity index is 3.02. The number of aryl methyl sites for hydroxylation is 2. The van der Waals surface area contributed by atoms with Crippen molar-refractivity contribution in [2.45, 2.75) is 18.9 Å². The van der Waals surface area contributed by atoms with Gasteiger partial charge in [-0.05, 0) is 26.0 Å². The van der Waals surface area contributed by atoms with Gasteiger partial charge >= 0.3 is 10.2 Å². The molecule has 0 aromatic carbocycles. The Morgan fingerprint density at radius 1 is 1.33 bits per heavy atom. The first-order valence-corrected chi connectivity index (χ1v) is 5.69. The van der Waals surface area contributed by atoms with E-state index in [-0.39, 0.29) is 10.7 Å². The normalized spacial score (nSPS) is 12.2. The van der Waals surface area contributed by atoms with E-state index in [1.54, 1.807) is 25.1 Å². The van der Waals surface area contributed by atoms with Gasteiger partial charge in [-0.3, -0.25) is 4.40 Å². The van der Waals surface area contributed by atoms with E-state index in [1.165, 1.54) is 11.3 Å². The maximum absolute atomic E-state index is 13.0. The zero-order valence-corrected chi connectivity index (χ0v) is 9.05. The molecule has 2 aromatic rings. The number of rotatable bonds is 1. The van der Waals surface area contributed by atoms with Crippen LogP contribution in [-0.4, -0.2) is 17.8 Å². The second kappa shape index (κ2) is 3.03. The first kappa shape index (κ1) is 10.1. The molecule has 0 fully saturated rings. The molecule has 0 unspecified atom stereocenters. The number of imidazole rings is 1. The summed E-state index contributed by atoms with van der Waals surface area (Å²) < 4.78 is 36.2. The third kappa shape index (κ3) is 1.50. The first-order valence-electron chi connectivity index (χ1n) is 4.30. The van der Waals surface area contributed by atoms with Crippen LogP contribution in [0, 0.1) is 13.8 Å². The zero-order valence-electron chi connectivity index (χ0n) is 8.23. The molecule has 0 saturated carbocycles. The molecule has 0 spiro atoms. The molecule has 0 atom stereocenters. The zero-order chi connectivity index (χ0) is 11.2. The molecule has 0 radical (unpaired) electrons. The van der Waals surface area contributed by atoms with E-state index in [0.29, 0.717) is 11.3 Å². The van der Waals surface area contributed by atoms with Crippen LogP contribution in [0.1, 0.15) is 11.4 Å². The summed E-state index contributed by atoms with van der Waals surface area (Å²) in [6, 6.07) is 5.07. The lowest BCUT2D eigenvalue weighted by Crippen LogP contribution is -2.02. The largest absolute Gasteiger partial charge is 0.350 e. The Bertz CT molecular complexity index is 631. The number of halogens is 1. The van der Waals surface area contributed by atoms with E-state index in [2.05, 4.69) is 4.98 Å². The molecule has 6 heteroatoms. The third-order valence-corrected chi connectivity index (χ3v) is 3.13. The molecule has 0 N–H and O–H groups in total. The molecule has 80 valence electrons. The third-order valence-electron chi connectivity index (χ3n) is 2.19. The quantitative estimate of drug-likeness (QED) is 0.697. The highest BCUT2D eigenvalue weighted by Gasteiger charge is 2.22. The maximum Gasteiger partial charge on any atom is 0.350 e. The number of aromatic nitrogens is 2. The molecule has 0 aliphatic rings. The van der Waals surface area contributed by atoms with Crippen LogP contribution in [0.3, 0.4) is 0 Å². The predicted molar refractivity (Wildman–Crippen MR) is 53.0 cm³/mol. The van der Waals surface area contributed by atoms with E-state index >= 15 is 0 Å². The number of hydrogen-bond acceptors (Lipinski definition) is 3. The monoisotopic (exact) mass is 228 g/mol. The van der Waals surface area contributed by atoms with Crippen LogP contribution in [0.25, 0.3) is 5.65 Å². The molecule has 2 aromatic heterocycles. The Kier molecular flexibility index (Phi) is 2.04. The molecule has 0 aliphatic heterocycles. The van der Waals surface area contributed by atoms with Crippen molar-refractivity contribution in [2.75, 3.05) is 0 Å². The minimum atomic E-state index is -4.74. The van der Waals surface area contributed by atoms with Crippen molar-refractivity contribution in [2.24, 2.45) is 0 Å². The van der Waals surface area contributed by atoms with Gasteiger partial charge in [0.25, 0.3) is 0 Å². The summed E-state index contributed by atoms with van der Waals surface area (Å²) in [6.45, 7) is 3.17. The summed E-state index contributed by atoms with van der Waals surface area (Å²) in [5.41, 5.74) is 1.24. The fourth-order valence-electron chi connectivity index (χ4n) is 1.62. The van der Waals surface area contributed by atoms with Crippen LogP contribution >= 0.6 is 0 Å². The molecule has 0 saturated heterocycles. The molecule has 0 aliphatic carbocycles. The Labute approximate surface area is 86.6 Å². The highest BCUT2D eigenvalue weighted by molar-refractivity contribution is 7.86. The van der Waals surface area contributed by atoms with Gasteiger partial charge in [-0.15, -0.1) is 0 Å². The van der Waals surface area contributed by atoms with Crippen molar-refractivity contribution in [1.29, 1.82) is 0 Å². The summed E-state index contributed by atoms with van der Waals surface area (Å²) in [5, 5.41) is -0.379. The lowest BCUT2D eigenvalue weighted by Gasteiger charge is -2.01. The van der Waals surface area contributed by atoms with Gasteiger partial charge in [0.05, 0.1) is 5.69 Å². The smallest absolute Gasteiger partial charge is 0.285 e. The average molecular weight is 228 g/mol. The second-order valence-electron chi connectivity index (χ2n) is 3.30. The summed E-state index contributed by atoms with van der Waals surface area (Å²) in [6.07, 6.45) is 0. The SMILES string of the molecule is Cc1nc2cccc(C)n2c1S(=O)(=O)F. The van der Waals surface area contributed by atoms with Gasteiger partial charge < -0.3 is 0 Å². The van der Waals surface area contributed by atoms with Crippen molar-refractivity contribution in [1.82, 2.24) is 9.38 Å². The number of fused-ring (bicyclic) bond motifs is 1. The molecule has 4 nitrogen and oxygen atoms in total. The molecule has 2 heterocycles. The van der Waals surface area contributed by atoms with E-state index in [9.17, 15) is 12.3 Å². The Hall–Kier alpha value is -1.43. The Morgan fingerprint density at radius 3 is 2.60 bits per heavy atom. The standard InChI is InChI=1S/C9H9FN2O2S/c1-6-4-3-5-8-11-7(2)9(12(6)8)15(10,13)14/h3-5H,1-2H3. The van der Waals surface area contributed by atoms with Gasteiger partial charge in [0, 0.05) is 5.69 Å². The van der Waals surface area contributed by atoms with E-state index in [4.69, 9.17) is 0 Å². The lowest BCUT2D eigenvalue weighted by atomic mass is 10.4. The van der Waals surface area contributed by atoms with Crippen LogP contribution < -0.4 is 0 Å². The van der Waals surface area contributed by atoms with Crippen molar-refractivity contribution in [3.05, 3.63) is 29.6 Å². The molecular formula is C9H9FN2O2S. The molecule has 0 bridgehead atoms. The van der Waals surface area contributed by atoms with Crippen molar-refractivity contribution < 1.29 is 12.3 Å². The fourth-order valence-corrected chi connectivity index (χ4v) is 2.48. The van der Waals surface area contributed by atoms with E-state index < -0.39 is 10.2 Å². The predicted octanol–water partition coefficient (Wildman–Crippen LogP) is 1.61. The molecule has 2 rings (SSSR count). The Morgan fingerprint density at radius 2 is 2.00 bits per heavy atom. The summed E-state index contributed by atoms with van der Waals surface area (Å²) in [5.74, 6) is 0. The van der Waals surface area contributed by atoms with E-state index in [1.807, 2.05) is 0 Å². The fraction of sp³-hybridized carbons (Fsp3) is 0.222. The minimum absolute atomic E-state index is 0.173. The molecule has 15 heavy (non-hydrogen) atoms. The van der Waals surface area contributed by atoms with E-state index in [0.717, 1.165) is 0 Å². The van der Waals surface area contributed by atoms with Gasteiger partial charge in [0.1, 0.15) is 5.65 Å².